The van der Waals surface area contributed by atoms with Gasteiger partial charge in [0.05, 0.1) is 31.0 Å². The van der Waals surface area contributed by atoms with Gasteiger partial charge in [-0.25, -0.2) is 14.2 Å². The zero-order chi connectivity index (χ0) is 29.5. The number of carbonyl (C=O) groups excluding carboxylic acids is 1. The number of rotatable bonds is 8. The maximum absolute atomic E-state index is 15.0. The van der Waals surface area contributed by atoms with Crippen LogP contribution in [0.1, 0.15) is 106 Å². The highest BCUT2D eigenvalue weighted by Crippen LogP contribution is 2.35. The number of halogens is 1. The van der Waals surface area contributed by atoms with Gasteiger partial charge in [0.15, 0.2) is 0 Å². The van der Waals surface area contributed by atoms with Crippen LogP contribution in [0.15, 0.2) is 12.1 Å². The molecule has 1 aliphatic heterocycles. The molecule has 1 saturated heterocycles. The lowest BCUT2D eigenvalue weighted by molar-refractivity contribution is -0.0799. The molecule has 3 rings (SSSR count). The van der Waals surface area contributed by atoms with Crippen LogP contribution in [0.3, 0.4) is 0 Å². The number of ether oxygens (including phenoxy) is 3. The first-order valence-corrected chi connectivity index (χ1v) is 14.0. The Kier molecular flexibility index (Phi) is 9.10. The van der Waals surface area contributed by atoms with Gasteiger partial charge in [-0.2, -0.15) is 0 Å². The van der Waals surface area contributed by atoms with E-state index in [0.717, 1.165) is 5.69 Å². The van der Waals surface area contributed by atoms with Crippen LogP contribution in [0, 0.1) is 5.82 Å². The second-order valence-electron chi connectivity index (χ2n) is 13.5. The van der Waals surface area contributed by atoms with Gasteiger partial charge in [0.25, 0.3) is 0 Å². The number of aromatic nitrogens is 2. The van der Waals surface area contributed by atoms with Crippen molar-refractivity contribution in [3.63, 3.8) is 0 Å². The number of pyridine rings is 1. The molecule has 2 unspecified atom stereocenters. The maximum atomic E-state index is 15.0. The van der Waals surface area contributed by atoms with E-state index in [0.29, 0.717) is 36.9 Å². The van der Waals surface area contributed by atoms with Crippen LogP contribution in [0.5, 0.6) is 0 Å². The number of amides is 1. The molecule has 3 atom stereocenters. The third kappa shape index (κ3) is 7.30. The van der Waals surface area contributed by atoms with Gasteiger partial charge < -0.3 is 23.9 Å². The van der Waals surface area contributed by atoms with Crippen LogP contribution in [0.2, 0.25) is 0 Å². The highest BCUT2D eigenvalue weighted by atomic mass is 19.1. The summed E-state index contributed by atoms with van der Waals surface area (Å²) in [6.07, 6.45) is -0.579. The number of aliphatic hydroxyl groups is 1. The lowest BCUT2D eigenvalue weighted by Crippen LogP contribution is -2.54. The average Bonchev–Trinajstić information content (AvgIpc) is 3.26. The van der Waals surface area contributed by atoms with Gasteiger partial charge in [-0.05, 0) is 79.9 Å². The van der Waals surface area contributed by atoms with Gasteiger partial charge in [0, 0.05) is 23.5 Å². The minimum atomic E-state index is -1.07. The minimum Gasteiger partial charge on any atom is -0.444 e. The maximum Gasteiger partial charge on any atom is 0.412 e. The lowest BCUT2D eigenvalue weighted by atomic mass is 9.92. The average molecular weight is 550 g/mol. The van der Waals surface area contributed by atoms with E-state index >= 15 is 4.39 Å². The first kappa shape index (κ1) is 31.3. The number of hydrogen-bond donors (Lipinski definition) is 1. The van der Waals surface area contributed by atoms with Gasteiger partial charge in [-0.15, -0.1) is 0 Å². The standard InChI is InChI=1S/C30H48FN3O5/c1-18(2)38-23(21-17-37-30(9,10)34(21)27(36)39-29(6,7)8)14-12-13-22(35)25-20(31)15-19-16-24(28(3,4)5)33(11)26(19)32-25/h15-16,18,21-23,35H,12-14,17H2,1-11H3/t21-,22?,23?/m0/s1. The van der Waals surface area contributed by atoms with Gasteiger partial charge in [0.2, 0.25) is 0 Å². The predicted octanol–water partition coefficient (Wildman–Crippen LogP) is 6.38. The van der Waals surface area contributed by atoms with E-state index in [4.69, 9.17) is 14.2 Å². The molecule has 0 aliphatic carbocycles. The normalized spacial score (nSPS) is 19.6. The molecule has 0 spiro atoms. The molecule has 9 heteroatoms. The van der Waals surface area contributed by atoms with Gasteiger partial charge in [-0.1, -0.05) is 20.8 Å². The lowest BCUT2D eigenvalue weighted by Gasteiger charge is -2.38. The zero-order valence-electron chi connectivity index (χ0n) is 25.6. The largest absolute Gasteiger partial charge is 0.444 e. The second-order valence-corrected chi connectivity index (χ2v) is 13.5. The fourth-order valence-corrected chi connectivity index (χ4v) is 5.32. The Bertz CT molecular complexity index is 1160. The smallest absolute Gasteiger partial charge is 0.412 e. The minimum absolute atomic E-state index is 0.0474. The Morgan fingerprint density at radius 3 is 2.41 bits per heavy atom. The van der Waals surface area contributed by atoms with E-state index in [1.165, 1.54) is 6.07 Å². The van der Waals surface area contributed by atoms with Crippen molar-refractivity contribution >= 4 is 17.1 Å². The van der Waals surface area contributed by atoms with Crippen molar-refractivity contribution in [2.75, 3.05) is 6.61 Å². The van der Waals surface area contributed by atoms with Crippen LogP contribution in [0.4, 0.5) is 9.18 Å². The van der Waals surface area contributed by atoms with Crippen molar-refractivity contribution in [2.24, 2.45) is 7.05 Å². The SMILES string of the molecule is CC(C)OC(CCCC(O)c1nc2c(cc1F)cc(C(C)(C)C)n2C)[C@@H]1COC(C)(C)N1C(=O)OC(C)(C)C. The van der Waals surface area contributed by atoms with E-state index in [-0.39, 0.29) is 29.4 Å². The Morgan fingerprint density at radius 2 is 1.85 bits per heavy atom. The fraction of sp³-hybridized carbons (Fsp3) is 0.733. The summed E-state index contributed by atoms with van der Waals surface area (Å²) in [6.45, 7) is 19.7. The second kappa shape index (κ2) is 11.3. The third-order valence-electron chi connectivity index (χ3n) is 7.02. The summed E-state index contributed by atoms with van der Waals surface area (Å²) in [5.74, 6) is -0.516. The van der Waals surface area contributed by atoms with E-state index in [1.54, 1.807) is 4.90 Å². The van der Waals surface area contributed by atoms with Crippen molar-refractivity contribution < 1.29 is 28.5 Å². The highest BCUT2D eigenvalue weighted by Gasteiger charge is 2.49. The van der Waals surface area contributed by atoms with E-state index < -0.39 is 29.3 Å². The van der Waals surface area contributed by atoms with Gasteiger partial charge in [0.1, 0.15) is 28.5 Å². The Hall–Kier alpha value is -2.23. The molecule has 0 aromatic carbocycles. The van der Waals surface area contributed by atoms with Crippen molar-refractivity contribution in [3.8, 4) is 0 Å². The van der Waals surface area contributed by atoms with Crippen molar-refractivity contribution in [1.29, 1.82) is 0 Å². The Labute approximate surface area is 232 Å². The molecule has 1 N–H and O–H groups in total. The molecule has 3 heterocycles. The van der Waals surface area contributed by atoms with E-state index in [1.807, 2.05) is 66.1 Å². The molecule has 0 radical (unpaired) electrons. The fourth-order valence-electron chi connectivity index (χ4n) is 5.32. The molecular formula is C30H48FN3O5. The summed E-state index contributed by atoms with van der Waals surface area (Å²) >= 11 is 0. The van der Waals surface area contributed by atoms with Crippen LogP contribution < -0.4 is 0 Å². The number of hydrogen-bond acceptors (Lipinski definition) is 6. The summed E-state index contributed by atoms with van der Waals surface area (Å²) in [7, 11) is 1.92. The number of fused-ring (bicyclic) bond motifs is 1. The molecule has 2 aromatic heterocycles. The van der Waals surface area contributed by atoms with Crippen LogP contribution in [-0.4, -0.2) is 61.8 Å². The summed E-state index contributed by atoms with van der Waals surface area (Å²) < 4.78 is 34.9. The number of carbonyl (C=O) groups is 1. The molecule has 220 valence electrons. The van der Waals surface area contributed by atoms with E-state index in [9.17, 15) is 9.90 Å². The van der Waals surface area contributed by atoms with Crippen molar-refractivity contribution in [1.82, 2.24) is 14.5 Å². The number of aryl methyl sites for hydroxylation is 1. The predicted molar refractivity (Wildman–Crippen MR) is 150 cm³/mol. The van der Waals surface area contributed by atoms with Crippen molar-refractivity contribution in [3.05, 3.63) is 29.3 Å². The van der Waals surface area contributed by atoms with Gasteiger partial charge >= 0.3 is 6.09 Å². The van der Waals surface area contributed by atoms with Crippen LogP contribution >= 0.6 is 0 Å². The molecule has 1 aliphatic rings. The first-order chi connectivity index (χ1) is 17.8. The Morgan fingerprint density at radius 1 is 1.21 bits per heavy atom. The Balaban J connectivity index is 1.77. The summed E-state index contributed by atoms with van der Waals surface area (Å²) in [6, 6.07) is 3.05. The number of nitrogens with zero attached hydrogens (tertiary/aromatic N) is 3. The summed E-state index contributed by atoms with van der Waals surface area (Å²) in [5, 5.41) is 11.7. The molecule has 8 nitrogen and oxygen atoms in total. The molecule has 39 heavy (non-hydrogen) atoms. The van der Waals surface area contributed by atoms with Gasteiger partial charge in [-0.3, -0.25) is 4.90 Å². The molecular weight excluding hydrogens is 501 g/mol. The third-order valence-corrected chi connectivity index (χ3v) is 7.02. The quantitative estimate of drug-likeness (QED) is 0.411. The zero-order valence-corrected chi connectivity index (χ0v) is 25.6. The molecule has 1 amide bonds. The topological polar surface area (TPSA) is 86.1 Å². The molecule has 0 saturated carbocycles. The number of aliphatic hydroxyl groups excluding tert-OH is 1. The molecule has 0 bridgehead atoms. The van der Waals surface area contributed by atoms with Crippen LogP contribution in [0.25, 0.3) is 11.0 Å². The monoisotopic (exact) mass is 549 g/mol. The van der Waals surface area contributed by atoms with Crippen molar-refractivity contribution in [2.45, 2.75) is 130 Å². The summed E-state index contributed by atoms with van der Waals surface area (Å²) in [5.41, 5.74) is 0.112. The first-order valence-electron chi connectivity index (χ1n) is 14.0. The highest BCUT2D eigenvalue weighted by molar-refractivity contribution is 5.78. The molecule has 1 fully saturated rings. The molecule has 2 aromatic rings. The summed E-state index contributed by atoms with van der Waals surface area (Å²) in [4.78, 5) is 19.3. The van der Waals surface area contributed by atoms with Crippen LogP contribution in [-0.2, 0) is 26.7 Å². The van der Waals surface area contributed by atoms with E-state index in [2.05, 4.69) is 25.8 Å².